The second-order valence-electron chi connectivity index (χ2n) is 7.50. The molecule has 0 spiro atoms. The van der Waals surface area contributed by atoms with Crippen LogP contribution in [0.3, 0.4) is 0 Å². The first-order chi connectivity index (χ1) is 16.7. The van der Waals surface area contributed by atoms with Crippen molar-refractivity contribution < 1.29 is 54.3 Å². The van der Waals surface area contributed by atoms with Gasteiger partial charge in [0.25, 0.3) is 21.8 Å². The maximum absolute atomic E-state index is 14.6. The highest BCUT2D eigenvalue weighted by Crippen LogP contribution is 2.33. The summed E-state index contributed by atoms with van der Waals surface area (Å²) in [5, 5.41) is 0.177. The van der Waals surface area contributed by atoms with Gasteiger partial charge in [0.2, 0.25) is 0 Å². The van der Waals surface area contributed by atoms with Gasteiger partial charge in [-0.3, -0.25) is 18.7 Å². The van der Waals surface area contributed by atoms with Crippen LogP contribution in [0.1, 0.15) is 25.3 Å². The van der Waals surface area contributed by atoms with Crippen LogP contribution in [0, 0.1) is 11.6 Å². The van der Waals surface area contributed by atoms with Crippen molar-refractivity contribution in [3.8, 4) is 0 Å². The monoisotopic (exact) mass is 536 g/mol. The summed E-state index contributed by atoms with van der Waals surface area (Å²) in [4.78, 5) is 38.8. The van der Waals surface area contributed by atoms with Gasteiger partial charge in [0.1, 0.15) is 18.2 Å². The van der Waals surface area contributed by atoms with E-state index in [1.807, 2.05) is 0 Å². The third-order valence-corrected chi connectivity index (χ3v) is 6.84. The summed E-state index contributed by atoms with van der Waals surface area (Å²) in [6.45, 7) is 0.288. The number of rotatable bonds is 7. The molecular formula is C21H17F5N2O7S. The van der Waals surface area contributed by atoms with Crippen molar-refractivity contribution in [2.45, 2.75) is 36.9 Å². The molecule has 2 aromatic rings. The molecule has 1 fully saturated rings. The van der Waals surface area contributed by atoms with Crippen molar-refractivity contribution in [3.05, 3.63) is 59.7 Å². The molecule has 1 saturated heterocycles. The van der Waals surface area contributed by atoms with Gasteiger partial charge in [-0.1, -0.05) is 5.06 Å². The van der Waals surface area contributed by atoms with Gasteiger partial charge >= 0.3 is 12.3 Å². The number of nitrogens with zero attached hydrogens (tertiary/aromatic N) is 2. The topological polar surface area (TPSA) is 110 Å². The van der Waals surface area contributed by atoms with Crippen molar-refractivity contribution in [2.24, 2.45) is 0 Å². The Bertz CT molecular complexity index is 1270. The first kappa shape index (κ1) is 26.8. The molecule has 0 aromatic heterocycles. The molecule has 2 aromatic carbocycles. The minimum atomic E-state index is -4.83. The molecule has 9 nitrogen and oxygen atoms in total. The number of alkyl halides is 3. The van der Waals surface area contributed by atoms with Crippen LogP contribution in [0.5, 0.6) is 0 Å². The van der Waals surface area contributed by atoms with Crippen molar-refractivity contribution >= 4 is 33.7 Å². The van der Waals surface area contributed by atoms with Crippen LogP contribution < -0.4 is 4.31 Å². The summed E-state index contributed by atoms with van der Waals surface area (Å²) in [5.41, 5.74) is -1.96. The summed E-state index contributed by atoms with van der Waals surface area (Å²) >= 11 is 0. The van der Waals surface area contributed by atoms with Gasteiger partial charge in [0, 0.05) is 18.9 Å². The van der Waals surface area contributed by atoms with Gasteiger partial charge in [-0.15, -0.1) is 0 Å². The third-order valence-electron chi connectivity index (χ3n) is 4.90. The molecule has 0 aliphatic carbocycles. The minimum Gasteiger partial charge on any atom is -0.430 e. The van der Waals surface area contributed by atoms with Crippen LogP contribution in [-0.4, -0.2) is 44.1 Å². The van der Waals surface area contributed by atoms with Crippen molar-refractivity contribution in [1.29, 1.82) is 0 Å². The van der Waals surface area contributed by atoms with E-state index < -0.39 is 74.6 Å². The average molecular weight is 536 g/mol. The Morgan fingerprint density at radius 1 is 1.06 bits per heavy atom. The first-order valence-electron chi connectivity index (χ1n) is 10.1. The maximum Gasteiger partial charge on any atom is 0.534 e. The molecule has 1 atom stereocenters. The molecule has 36 heavy (non-hydrogen) atoms. The van der Waals surface area contributed by atoms with Gasteiger partial charge in [-0.25, -0.2) is 22.0 Å². The number of halogens is 5. The highest BCUT2D eigenvalue weighted by atomic mass is 32.2. The van der Waals surface area contributed by atoms with Crippen LogP contribution in [0.4, 0.5) is 32.4 Å². The fourth-order valence-corrected chi connectivity index (χ4v) is 4.84. The van der Waals surface area contributed by atoms with Crippen LogP contribution in [0.25, 0.3) is 0 Å². The molecule has 1 aliphatic rings. The number of anilines is 1. The van der Waals surface area contributed by atoms with Crippen molar-refractivity contribution in [2.75, 3.05) is 10.9 Å². The Morgan fingerprint density at radius 3 is 2.19 bits per heavy atom. The van der Waals surface area contributed by atoms with Gasteiger partial charge in [0.15, 0.2) is 0 Å². The first-order valence-corrected chi connectivity index (χ1v) is 11.5. The molecule has 1 heterocycles. The summed E-state index contributed by atoms with van der Waals surface area (Å²) in [6, 6.07) is 2.67. The molecule has 0 radical (unpaired) electrons. The molecule has 2 amide bonds. The molecule has 0 saturated carbocycles. The SMILES string of the molecule is C[C@H](COC(=O)ON1C(=O)CCC1=O)N(c1cc(F)ccc1F)S(=O)(=O)c1ccc(C(F)(F)F)cc1. The third kappa shape index (κ3) is 5.72. The summed E-state index contributed by atoms with van der Waals surface area (Å²) in [7, 11) is -4.83. The number of hydroxylamine groups is 2. The minimum absolute atomic E-state index is 0.177. The van der Waals surface area contributed by atoms with E-state index in [2.05, 4.69) is 4.84 Å². The van der Waals surface area contributed by atoms with Gasteiger partial charge in [0.05, 0.1) is 22.2 Å². The van der Waals surface area contributed by atoms with E-state index in [1.165, 1.54) is 0 Å². The van der Waals surface area contributed by atoms with E-state index in [4.69, 9.17) is 4.74 Å². The Hall–Kier alpha value is -3.75. The average Bonchev–Trinajstić information content (AvgIpc) is 3.11. The van der Waals surface area contributed by atoms with Crippen LogP contribution >= 0.6 is 0 Å². The van der Waals surface area contributed by atoms with Crippen molar-refractivity contribution in [1.82, 2.24) is 5.06 Å². The zero-order chi connectivity index (χ0) is 26.8. The number of hydrogen-bond donors (Lipinski definition) is 0. The number of sulfonamides is 1. The number of amides is 2. The largest absolute Gasteiger partial charge is 0.534 e. The molecule has 0 N–H and O–H groups in total. The molecule has 194 valence electrons. The number of benzene rings is 2. The smallest absolute Gasteiger partial charge is 0.430 e. The Labute approximate surface area is 201 Å². The fraction of sp³-hybridized carbons (Fsp3) is 0.286. The highest BCUT2D eigenvalue weighted by molar-refractivity contribution is 7.92. The normalized spacial score (nSPS) is 15.1. The lowest BCUT2D eigenvalue weighted by Crippen LogP contribution is -2.43. The predicted molar refractivity (Wildman–Crippen MR) is 110 cm³/mol. The van der Waals surface area contributed by atoms with E-state index in [0.717, 1.165) is 6.92 Å². The molecule has 1 aliphatic heterocycles. The van der Waals surface area contributed by atoms with Crippen molar-refractivity contribution in [3.63, 3.8) is 0 Å². The lowest BCUT2D eigenvalue weighted by Gasteiger charge is -2.30. The fourth-order valence-electron chi connectivity index (χ4n) is 3.20. The van der Waals surface area contributed by atoms with E-state index in [-0.39, 0.29) is 17.9 Å². The molecule has 0 unspecified atom stereocenters. The summed E-state index contributed by atoms with van der Waals surface area (Å²) < 4.78 is 98.7. The Morgan fingerprint density at radius 2 is 1.64 bits per heavy atom. The highest BCUT2D eigenvalue weighted by Gasteiger charge is 2.36. The number of ether oxygens (including phenoxy) is 1. The summed E-state index contributed by atoms with van der Waals surface area (Å²) in [6.07, 6.45) is -6.70. The quantitative estimate of drug-likeness (QED) is 0.301. The number of imide groups is 1. The number of carbonyl (C=O) groups is 3. The molecule has 3 rings (SSSR count). The lowest BCUT2D eigenvalue weighted by atomic mass is 10.2. The zero-order valence-corrected chi connectivity index (χ0v) is 19.1. The van der Waals surface area contributed by atoms with Crippen LogP contribution in [0.15, 0.2) is 47.4 Å². The Balaban J connectivity index is 1.90. The predicted octanol–water partition coefficient (Wildman–Crippen LogP) is 3.78. The van der Waals surface area contributed by atoms with E-state index >= 15 is 0 Å². The van der Waals surface area contributed by atoms with E-state index in [1.54, 1.807) is 0 Å². The second-order valence-corrected chi connectivity index (χ2v) is 9.32. The van der Waals surface area contributed by atoms with Crippen LogP contribution in [0.2, 0.25) is 0 Å². The maximum atomic E-state index is 14.6. The van der Waals surface area contributed by atoms with Gasteiger partial charge < -0.3 is 4.74 Å². The van der Waals surface area contributed by atoms with E-state index in [0.29, 0.717) is 46.8 Å². The van der Waals surface area contributed by atoms with Crippen LogP contribution in [-0.2, 0) is 35.4 Å². The van der Waals surface area contributed by atoms with Gasteiger partial charge in [-0.2, -0.15) is 13.2 Å². The second kappa shape index (κ2) is 10.1. The molecular weight excluding hydrogens is 519 g/mol. The van der Waals surface area contributed by atoms with E-state index in [9.17, 15) is 44.8 Å². The standard InChI is InChI=1S/C21H17F5N2O7S/c1-12(11-34-20(31)35-27-18(29)8-9-19(27)30)28(17-10-14(22)4-7-16(17)23)36(32,33)15-5-2-13(3-6-15)21(24,25)26/h2-7,10,12H,8-9,11H2,1H3/t12-/m1/s1. The molecule has 0 bridgehead atoms. The number of hydrogen-bond acceptors (Lipinski definition) is 7. The zero-order valence-electron chi connectivity index (χ0n) is 18.3. The Kier molecular flexibility index (Phi) is 7.52. The summed E-state index contributed by atoms with van der Waals surface area (Å²) in [5.74, 6) is -3.84. The molecule has 15 heteroatoms. The van der Waals surface area contributed by atoms with Gasteiger partial charge in [-0.05, 0) is 43.3 Å². The lowest BCUT2D eigenvalue weighted by molar-refractivity contribution is -0.177. The number of carbonyl (C=O) groups excluding carboxylic acids is 3.